The molecule has 0 saturated carbocycles. The summed E-state index contributed by atoms with van der Waals surface area (Å²) in [5, 5.41) is 18.9. The molecule has 0 radical (unpaired) electrons. The van der Waals surface area contributed by atoms with Gasteiger partial charge in [0.05, 0.1) is 5.56 Å². The lowest BCUT2D eigenvalue weighted by molar-refractivity contribution is 0.0698. The molecule has 0 amide bonds. The molecule has 2 rings (SSSR count). The number of carboxylic acids is 1. The van der Waals surface area contributed by atoms with E-state index in [1.165, 1.54) is 0 Å². The summed E-state index contributed by atoms with van der Waals surface area (Å²) in [4.78, 5) is 11.1. The van der Waals surface area contributed by atoms with E-state index in [-0.39, 0.29) is 12.5 Å². The van der Waals surface area contributed by atoms with Crippen molar-refractivity contribution >= 4 is 16.9 Å². The van der Waals surface area contributed by atoms with Crippen LogP contribution in [0.1, 0.15) is 17.3 Å². The van der Waals surface area contributed by atoms with Crippen molar-refractivity contribution in [1.82, 2.24) is 4.57 Å². The second-order valence-electron chi connectivity index (χ2n) is 4.31. The van der Waals surface area contributed by atoms with Crippen LogP contribution in [-0.4, -0.2) is 27.4 Å². The van der Waals surface area contributed by atoms with Gasteiger partial charge in [-0.25, -0.2) is 4.79 Å². The number of carbonyl (C=O) groups is 1. The van der Waals surface area contributed by atoms with Gasteiger partial charge in [0.25, 0.3) is 0 Å². The smallest absolute Gasteiger partial charge is 0.337 e. The summed E-state index contributed by atoms with van der Waals surface area (Å²) in [7, 11) is 0. The van der Waals surface area contributed by atoms with Gasteiger partial charge in [0.1, 0.15) is 0 Å². The third kappa shape index (κ3) is 2.17. The molecular formula is C13H15NO3. The normalized spacial score (nSPS) is 12.8. The van der Waals surface area contributed by atoms with E-state index in [2.05, 4.69) is 0 Å². The topological polar surface area (TPSA) is 62.5 Å². The Morgan fingerprint density at radius 2 is 2.12 bits per heavy atom. The maximum Gasteiger partial charge on any atom is 0.337 e. The molecule has 0 saturated heterocycles. The van der Waals surface area contributed by atoms with Crippen molar-refractivity contribution < 1.29 is 15.0 Å². The standard InChI is InChI=1S/C13H15NO3/c1-9(8-15)6-14-7-11(13(16)17)10-4-2-3-5-12(10)14/h2-5,7,9,15H,6,8H2,1H3,(H,16,17). The second kappa shape index (κ2) is 4.59. The number of benzene rings is 1. The molecule has 17 heavy (non-hydrogen) atoms. The molecule has 1 atom stereocenters. The number of rotatable bonds is 4. The van der Waals surface area contributed by atoms with Crippen molar-refractivity contribution in [2.24, 2.45) is 5.92 Å². The van der Waals surface area contributed by atoms with E-state index >= 15 is 0 Å². The number of aliphatic hydroxyl groups is 1. The fourth-order valence-corrected chi connectivity index (χ4v) is 1.96. The highest BCUT2D eigenvalue weighted by Gasteiger charge is 2.14. The fourth-order valence-electron chi connectivity index (χ4n) is 1.96. The Morgan fingerprint density at radius 1 is 1.41 bits per heavy atom. The van der Waals surface area contributed by atoms with Crippen LogP contribution in [0.3, 0.4) is 0 Å². The molecule has 1 unspecified atom stereocenters. The molecule has 1 aromatic carbocycles. The molecule has 0 bridgehead atoms. The van der Waals surface area contributed by atoms with E-state index in [0.29, 0.717) is 12.1 Å². The maximum atomic E-state index is 11.1. The van der Waals surface area contributed by atoms with Gasteiger partial charge in [0.2, 0.25) is 0 Å². The van der Waals surface area contributed by atoms with Crippen molar-refractivity contribution in [2.45, 2.75) is 13.5 Å². The predicted molar refractivity (Wildman–Crippen MR) is 65.1 cm³/mol. The van der Waals surface area contributed by atoms with Gasteiger partial charge in [-0.3, -0.25) is 0 Å². The van der Waals surface area contributed by atoms with Crippen LogP contribution < -0.4 is 0 Å². The lowest BCUT2D eigenvalue weighted by Crippen LogP contribution is -2.10. The quantitative estimate of drug-likeness (QED) is 0.848. The number of aromatic nitrogens is 1. The van der Waals surface area contributed by atoms with E-state index in [9.17, 15) is 4.79 Å². The number of aromatic carboxylic acids is 1. The van der Waals surface area contributed by atoms with Crippen LogP contribution in [0.4, 0.5) is 0 Å². The Morgan fingerprint density at radius 3 is 2.76 bits per heavy atom. The van der Waals surface area contributed by atoms with Gasteiger partial charge in [-0.05, 0) is 12.0 Å². The van der Waals surface area contributed by atoms with Crippen LogP contribution >= 0.6 is 0 Å². The molecule has 2 aromatic rings. The number of nitrogens with zero attached hydrogens (tertiary/aromatic N) is 1. The van der Waals surface area contributed by atoms with Gasteiger partial charge in [-0.15, -0.1) is 0 Å². The SMILES string of the molecule is CC(CO)Cn1cc(C(=O)O)c2ccccc21. The number of para-hydroxylation sites is 1. The van der Waals surface area contributed by atoms with Gasteiger partial charge in [0.15, 0.2) is 0 Å². The monoisotopic (exact) mass is 233 g/mol. The van der Waals surface area contributed by atoms with Crippen molar-refractivity contribution in [3.63, 3.8) is 0 Å². The fraction of sp³-hybridized carbons (Fsp3) is 0.308. The zero-order valence-electron chi connectivity index (χ0n) is 9.63. The zero-order valence-corrected chi connectivity index (χ0v) is 9.63. The zero-order chi connectivity index (χ0) is 12.4. The summed E-state index contributed by atoms with van der Waals surface area (Å²) >= 11 is 0. The van der Waals surface area contributed by atoms with Crippen LogP contribution in [0.2, 0.25) is 0 Å². The molecule has 0 fully saturated rings. The highest BCUT2D eigenvalue weighted by atomic mass is 16.4. The molecule has 0 aliphatic rings. The summed E-state index contributed by atoms with van der Waals surface area (Å²) < 4.78 is 1.89. The third-order valence-corrected chi connectivity index (χ3v) is 2.84. The van der Waals surface area contributed by atoms with Gasteiger partial charge in [-0.1, -0.05) is 25.1 Å². The van der Waals surface area contributed by atoms with Crippen molar-refractivity contribution in [3.8, 4) is 0 Å². The summed E-state index contributed by atoms with van der Waals surface area (Å²) in [5.74, 6) is -0.816. The molecule has 4 nitrogen and oxygen atoms in total. The number of hydrogen-bond acceptors (Lipinski definition) is 2. The third-order valence-electron chi connectivity index (χ3n) is 2.84. The first-order valence-corrected chi connectivity index (χ1v) is 5.55. The van der Waals surface area contributed by atoms with E-state index < -0.39 is 5.97 Å². The van der Waals surface area contributed by atoms with E-state index in [1.54, 1.807) is 12.3 Å². The van der Waals surface area contributed by atoms with Crippen molar-refractivity contribution in [2.75, 3.05) is 6.61 Å². The van der Waals surface area contributed by atoms with E-state index in [0.717, 1.165) is 10.9 Å². The van der Waals surface area contributed by atoms with Crippen molar-refractivity contribution in [3.05, 3.63) is 36.0 Å². The highest BCUT2D eigenvalue weighted by molar-refractivity contribution is 6.03. The Bertz CT molecular complexity index is 545. The number of hydrogen-bond donors (Lipinski definition) is 2. The van der Waals surface area contributed by atoms with E-state index in [4.69, 9.17) is 10.2 Å². The summed E-state index contributed by atoms with van der Waals surface area (Å²) in [5.41, 5.74) is 1.20. The highest BCUT2D eigenvalue weighted by Crippen LogP contribution is 2.22. The number of fused-ring (bicyclic) bond motifs is 1. The van der Waals surface area contributed by atoms with Crippen LogP contribution in [0, 0.1) is 5.92 Å². The molecule has 0 aliphatic carbocycles. The molecule has 0 aliphatic heterocycles. The summed E-state index contributed by atoms with van der Waals surface area (Å²) in [6, 6.07) is 7.41. The molecule has 1 aromatic heterocycles. The first kappa shape index (κ1) is 11.7. The van der Waals surface area contributed by atoms with Crippen molar-refractivity contribution in [1.29, 1.82) is 0 Å². The van der Waals surface area contributed by atoms with Gasteiger partial charge in [-0.2, -0.15) is 0 Å². The average Bonchev–Trinajstić information content (AvgIpc) is 2.68. The number of carboxylic acid groups (broad SMARTS) is 1. The first-order chi connectivity index (χ1) is 8.13. The minimum absolute atomic E-state index is 0.0922. The van der Waals surface area contributed by atoms with Crippen LogP contribution in [0.5, 0.6) is 0 Å². The molecule has 0 spiro atoms. The Hall–Kier alpha value is -1.81. The maximum absolute atomic E-state index is 11.1. The molecule has 1 heterocycles. The van der Waals surface area contributed by atoms with Gasteiger partial charge < -0.3 is 14.8 Å². The first-order valence-electron chi connectivity index (χ1n) is 5.55. The Kier molecular flexibility index (Phi) is 3.15. The minimum atomic E-state index is -0.920. The van der Waals surface area contributed by atoms with Gasteiger partial charge in [0, 0.05) is 30.3 Å². The number of aliphatic hydroxyl groups excluding tert-OH is 1. The van der Waals surface area contributed by atoms with Crippen LogP contribution in [0.15, 0.2) is 30.5 Å². The second-order valence-corrected chi connectivity index (χ2v) is 4.31. The molecular weight excluding hydrogens is 218 g/mol. The van der Waals surface area contributed by atoms with Gasteiger partial charge >= 0.3 is 5.97 Å². The summed E-state index contributed by atoms with van der Waals surface area (Å²) in [6.07, 6.45) is 1.64. The average molecular weight is 233 g/mol. The lowest BCUT2D eigenvalue weighted by atomic mass is 10.2. The Labute approximate surface area is 99.1 Å². The molecule has 2 N–H and O–H groups in total. The lowest BCUT2D eigenvalue weighted by Gasteiger charge is -2.10. The minimum Gasteiger partial charge on any atom is -0.478 e. The van der Waals surface area contributed by atoms with E-state index in [1.807, 2.05) is 29.7 Å². The van der Waals surface area contributed by atoms with Crippen LogP contribution in [-0.2, 0) is 6.54 Å². The summed E-state index contributed by atoms with van der Waals surface area (Å²) in [6.45, 7) is 2.63. The van der Waals surface area contributed by atoms with Crippen LogP contribution in [0.25, 0.3) is 10.9 Å². The largest absolute Gasteiger partial charge is 0.478 e. The molecule has 4 heteroatoms. The molecule has 90 valence electrons. The Balaban J connectivity index is 2.52. The predicted octanol–water partition coefficient (Wildman–Crippen LogP) is 1.97.